The monoisotopic (exact) mass is 468 g/mol. The van der Waals surface area contributed by atoms with E-state index in [-0.39, 0.29) is 21.2 Å². The van der Waals surface area contributed by atoms with Gasteiger partial charge in [-0.2, -0.15) is 26.3 Å². The predicted octanol–water partition coefficient (Wildman–Crippen LogP) is 8.19. The second kappa shape index (κ2) is 9.43. The molecule has 0 aliphatic carbocycles. The van der Waals surface area contributed by atoms with Crippen molar-refractivity contribution < 1.29 is 31.1 Å². The van der Waals surface area contributed by atoms with E-state index in [1.54, 1.807) is 0 Å². The smallest absolute Gasteiger partial charge is 0.294 e. The quantitative estimate of drug-likeness (QED) is 0.308. The Morgan fingerprint density at radius 2 is 1.60 bits per heavy atom. The molecular formula is C21H16Cl2F6O. The van der Waals surface area contributed by atoms with Crippen LogP contribution < -0.4 is 0 Å². The number of halogens is 8. The van der Waals surface area contributed by atoms with Crippen molar-refractivity contribution in [3.8, 4) is 0 Å². The molecule has 0 heterocycles. The van der Waals surface area contributed by atoms with Crippen LogP contribution in [0.5, 0.6) is 0 Å². The number of aryl methyl sites for hydroxylation is 1. The molecule has 0 spiro atoms. The first-order valence-electron chi connectivity index (χ1n) is 8.68. The third kappa shape index (κ3) is 7.06. The number of carbonyl (C=O) groups excluding carboxylic acids is 1. The van der Waals surface area contributed by atoms with E-state index in [1.165, 1.54) is 49.4 Å². The van der Waals surface area contributed by atoms with Gasteiger partial charge in [-0.15, -0.1) is 0 Å². The summed E-state index contributed by atoms with van der Waals surface area (Å²) in [5, 5.41) is 0.135. The van der Waals surface area contributed by atoms with E-state index in [4.69, 9.17) is 23.2 Å². The largest absolute Gasteiger partial charge is 0.399 e. The number of hydrogen-bond donors (Lipinski definition) is 0. The summed E-state index contributed by atoms with van der Waals surface area (Å²) in [6, 6.07) is 7.79. The van der Waals surface area contributed by atoms with Crippen LogP contribution in [0.15, 0.2) is 42.5 Å². The number of alkyl halides is 6. The molecule has 0 bridgehead atoms. The number of benzene rings is 2. The minimum atomic E-state index is -4.60. The molecule has 0 saturated carbocycles. The third-order valence-electron chi connectivity index (χ3n) is 4.26. The van der Waals surface area contributed by atoms with Crippen LogP contribution in [-0.4, -0.2) is 18.1 Å². The Morgan fingerprint density at radius 1 is 1.00 bits per heavy atom. The average molecular weight is 469 g/mol. The number of rotatable bonds is 6. The Morgan fingerprint density at radius 3 is 2.10 bits per heavy atom. The molecule has 2 aromatic rings. The summed E-state index contributed by atoms with van der Waals surface area (Å²) in [7, 11) is 0. The maximum absolute atomic E-state index is 13.5. The molecule has 0 N–H and O–H groups in total. The zero-order valence-electron chi connectivity index (χ0n) is 15.5. The molecule has 1 nitrogen and oxygen atoms in total. The summed E-state index contributed by atoms with van der Waals surface area (Å²) in [4.78, 5) is 12.0. The summed E-state index contributed by atoms with van der Waals surface area (Å²) in [6.45, 7) is 1.51. The van der Waals surface area contributed by atoms with Crippen LogP contribution >= 0.6 is 23.2 Å². The lowest BCUT2D eigenvalue weighted by atomic mass is 9.95. The number of allylic oxidation sites excluding steroid dienone is 1. The van der Waals surface area contributed by atoms with Gasteiger partial charge in [0.15, 0.2) is 5.78 Å². The van der Waals surface area contributed by atoms with Crippen molar-refractivity contribution in [1.82, 2.24) is 0 Å². The highest BCUT2D eigenvalue weighted by Crippen LogP contribution is 2.38. The standard InChI is InChI=1S/C21H16Cl2F6O/c1-12-8-13(2-4-17(12)19(30)6-7-20(24,25)26)3-5-18(21(27,28)29)14-9-15(22)11-16(23)10-14/h2-5,8-11,18H,6-7H2,1H3/b5-3+. The van der Waals surface area contributed by atoms with Gasteiger partial charge in [0.2, 0.25) is 0 Å². The van der Waals surface area contributed by atoms with Gasteiger partial charge >= 0.3 is 12.4 Å². The molecule has 0 saturated heterocycles. The topological polar surface area (TPSA) is 17.1 Å². The first-order valence-corrected chi connectivity index (χ1v) is 9.43. The summed E-state index contributed by atoms with van der Waals surface area (Å²) < 4.78 is 77.5. The maximum Gasteiger partial charge on any atom is 0.399 e. The van der Waals surface area contributed by atoms with E-state index >= 15 is 0 Å². The normalized spacial score (nSPS) is 13.6. The summed E-state index contributed by atoms with van der Waals surface area (Å²) in [6.07, 6.45) is -8.81. The van der Waals surface area contributed by atoms with Crippen molar-refractivity contribution in [1.29, 1.82) is 0 Å². The second-order valence-electron chi connectivity index (χ2n) is 6.69. The van der Waals surface area contributed by atoms with Gasteiger partial charge in [0.25, 0.3) is 0 Å². The van der Waals surface area contributed by atoms with Crippen LogP contribution in [0.25, 0.3) is 6.08 Å². The van der Waals surface area contributed by atoms with E-state index in [0.717, 1.165) is 6.08 Å². The van der Waals surface area contributed by atoms with E-state index in [1.807, 2.05) is 0 Å². The third-order valence-corrected chi connectivity index (χ3v) is 4.70. The highest BCUT2D eigenvalue weighted by molar-refractivity contribution is 6.34. The van der Waals surface area contributed by atoms with Crippen LogP contribution in [0, 0.1) is 6.92 Å². The minimum absolute atomic E-state index is 0.0673. The molecule has 0 aliphatic heterocycles. The summed E-state index contributed by atoms with van der Waals surface area (Å²) in [5.41, 5.74) is 0.707. The first-order chi connectivity index (χ1) is 13.8. The fraction of sp³-hybridized carbons (Fsp3) is 0.286. The highest BCUT2D eigenvalue weighted by atomic mass is 35.5. The Labute approximate surface area is 179 Å². The number of Topliss-reactive ketones (excluding diaryl/α,β-unsaturated/α-hetero) is 1. The van der Waals surface area contributed by atoms with Crippen molar-refractivity contribution in [2.75, 3.05) is 0 Å². The Bertz CT molecular complexity index is 927. The molecule has 1 atom stereocenters. The second-order valence-corrected chi connectivity index (χ2v) is 7.57. The molecule has 0 aromatic heterocycles. The van der Waals surface area contributed by atoms with Gasteiger partial charge in [-0.25, -0.2) is 0 Å². The molecule has 0 radical (unpaired) electrons. The Balaban J connectivity index is 2.26. The van der Waals surface area contributed by atoms with Crippen LogP contribution in [0.2, 0.25) is 10.0 Å². The zero-order valence-corrected chi connectivity index (χ0v) is 17.1. The van der Waals surface area contributed by atoms with E-state index in [0.29, 0.717) is 11.1 Å². The molecule has 30 heavy (non-hydrogen) atoms. The van der Waals surface area contributed by atoms with Crippen molar-refractivity contribution >= 4 is 35.1 Å². The minimum Gasteiger partial charge on any atom is -0.294 e. The average Bonchev–Trinajstić information content (AvgIpc) is 2.57. The van der Waals surface area contributed by atoms with Crippen molar-refractivity contribution in [2.45, 2.75) is 38.0 Å². The van der Waals surface area contributed by atoms with Gasteiger partial charge in [-0.1, -0.05) is 53.6 Å². The summed E-state index contributed by atoms with van der Waals surface area (Å²) in [5.74, 6) is -2.65. The van der Waals surface area contributed by atoms with Crippen molar-refractivity contribution in [3.63, 3.8) is 0 Å². The lowest BCUT2D eigenvalue weighted by Crippen LogP contribution is -2.18. The van der Waals surface area contributed by atoms with Crippen LogP contribution in [0.4, 0.5) is 26.3 Å². The highest BCUT2D eigenvalue weighted by Gasteiger charge is 2.39. The molecule has 0 aliphatic rings. The molecule has 2 rings (SSSR count). The van der Waals surface area contributed by atoms with Crippen molar-refractivity contribution in [3.05, 3.63) is 74.8 Å². The van der Waals surface area contributed by atoms with Crippen LogP contribution in [-0.2, 0) is 0 Å². The van der Waals surface area contributed by atoms with Gasteiger partial charge in [-0.05, 0) is 41.8 Å². The number of carbonyl (C=O) groups is 1. The number of hydrogen-bond acceptors (Lipinski definition) is 1. The van der Waals surface area contributed by atoms with Gasteiger partial charge in [0, 0.05) is 22.0 Å². The maximum atomic E-state index is 13.5. The van der Waals surface area contributed by atoms with Gasteiger partial charge in [0.1, 0.15) is 0 Å². The Kier molecular flexibility index (Phi) is 7.64. The van der Waals surface area contributed by atoms with Crippen LogP contribution in [0.1, 0.15) is 45.8 Å². The first kappa shape index (κ1) is 24.3. The summed E-state index contributed by atoms with van der Waals surface area (Å²) >= 11 is 11.6. The molecular weight excluding hydrogens is 453 g/mol. The Hall–Kier alpha value is -1.99. The fourth-order valence-corrected chi connectivity index (χ4v) is 3.41. The lowest BCUT2D eigenvalue weighted by molar-refractivity contribution is -0.139. The van der Waals surface area contributed by atoms with E-state index < -0.39 is 36.9 Å². The molecule has 2 aromatic carbocycles. The fourth-order valence-electron chi connectivity index (χ4n) is 2.86. The molecule has 0 fully saturated rings. The van der Waals surface area contributed by atoms with E-state index in [2.05, 4.69) is 0 Å². The molecule has 162 valence electrons. The van der Waals surface area contributed by atoms with Gasteiger partial charge in [-0.3, -0.25) is 4.79 Å². The SMILES string of the molecule is Cc1cc(/C=C/C(c2cc(Cl)cc(Cl)c2)C(F)(F)F)ccc1C(=O)CCC(F)(F)F. The van der Waals surface area contributed by atoms with Crippen LogP contribution in [0.3, 0.4) is 0 Å². The molecule has 9 heteroatoms. The van der Waals surface area contributed by atoms with E-state index in [9.17, 15) is 31.1 Å². The zero-order chi connectivity index (χ0) is 22.7. The number of ketones is 1. The van der Waals surface area contributed by atoms with Gasteiger partial charge in [0.05, 0.1) is 12.3 Å². The predicted molar refractivity (Wildman–Crippen MR) is 105 cm³/mol. The molecule has 0 amide bonds. The van der Waals surface area contributed by atoms with Crippen molar-refractivity contribution in [2.24, 2.45) is 0 Å². The lowest BCUT2D eigenvalue weighted by Gasteiger charge is -2.18. The molecule has 1 unspecified atom stereocenters. The van der Waals surface area contributed by atoms with Gasteiger partial charge < -0.3 is 0 Å².